The van der Waals surface area contributed by atoms with Gasteiger partial charge in [-0.15, -0.1) is 0 Å². The van der Waals surface area contributed by atoms with Crippen LogP contribution in [-0.4, -0.2) is 61.0 Å². The molecule has 2 aliphatic heterocycles. The molecule has 4 rings (SSSR count). The van der Waals surface area contributed by atoms with Crippen LogP contribution in [0.25, 0.3) is 0 Å². The van der Waals surface area contributed by atoms with Crippen molar-refractivity contribution in [2.24, 2.45) is 5.41 Å². The Labute approximate surface area is 199 Å². The molecule has 0 amide bonds. The van der Waals surface area contributed by atoms with Crippen LogP contribution in [0, 0.1) is 5.41 Å². The first kappa shape index (κ1) is 23.5. The van der Waals surface area contributed by atoms with Gasteiger partial charge in [-0.1, -0.05) is 47.5 Å². The summed E-state index contributed by atoms with van der Waals surface area (Å²) in [4.78, 5) is 13.0. The molecule has 172 valence electrons. The highest BCUT2D eigenvalue weighted by Gasteiger charge is 2.51. The molecule has 5 nitrogen and oxygen atoms in total. The number of piperidine rings is 2. The summed E-state index contributed by atoms with van der Waals surface area (Å²) in [6.07, 6.45) is 2.85. The van der Waals surface area contributed by atoms with Gasteiger partial charge in [0.2, 0.25) is 0 Å². The third-order valence-corrected chi connectivity index (χ3v) is 7.67. The van der Waals surface area contributed by atoms with Gasteiger partial charge in [-0.25, -0.2) is 10.0 Å². The van der Waals surface area contributed by atoms with Gasteiger partial charge in [-0.05, 0) is 60.6 Å². The van der Waals surface area contributed by atoms with Crippen molar-refractivity contribution in [3.8, 4) is 0 Å². The van der Waals surface area contributed by atoms with E-state index in [-0.39, 0.29) is 18.5 Å². The number of ether oxygens (including phenoxy) is 1. The van der Waals surface area contributed by atoms with Crippen LogP contribution in [0.4, 0.5) is 0 Å². The summed E-state index contributed by atoms with van der Waals surface area (Å²) in [6, 6.07) is 15.7. The predicted octanol–water partition coefficient (Wildman–Crippen LogP) is 4.73. The van der Waals surface area contributed by atoms with Crippen molar-refractivity contribution in [2.45, 2.75) is 31.1 Å². The lowest BCUT2D eigenvalue weighted by Crippen LogP contribution is -2.60. The number of benzene rings is 2. The molecule has 2 aromatic carbocycles. The summed E-state index contributed by atoms with van der Waals surface area (Å²) < 4.78 is 5.20. The third kappa shape index (κ3) is 4.68. The second kappa shape index (κ2) is 10.1. The number of carbonyl (C=O) groups is 1. The number of aliphatic hydroxyl groups is 1. The molecule has 0 radical (unpaired) electrons. The Morgan fingerprint density at radius 3 is 2.00 bits per heavy atom. The summed E-state index contributed by atoms with van der Waals surface area (Å²) in [6.45, 7) is 2.85. The van der Waals surface area contributed by atoms with Crippen LogP contribution in [0.3, 0.4) is 0 Å². The Bertz CT molecular complexity index is 914. The van der Waals surface area contributed by atoms with Crippen LogP contribution in [-0.2, 0) is 9.53 Å². The van der Waals surface area contributed by atoms with Crippen molar-refractivity contribution >= 4 is 29.2 Å². The van der Waals surface area contributed by atoms with Gasteiger partial charge in [0.05, 0.1) is 13.7 Å². The highest BCUT2D eigenvalue weighted by molar-refractivity contribution is 6.30. The second-order valence-corrected chi connectivity index (χ2v) is 9.74. The van der Waals surface area contributed by atoms with Crippen LogP contribution in [0.2, 0.25) is 10.0 Å². The van der Waals surface area contributed by atoms with Gasteiger partial charge >= 0.3 is 5.97 Å². The Balaban J connectivity index is 1.49. The largest absolute Gasteiger partial charge is 0.468 e. The zero-order valence-corrected chi connectivity index (χ0v) is 19.9. The van der Waals surface area contributed by atoms with E-state index >= 15 is 0 Å². The number of rotatable bonds is 5. The van der Waals surface area contributed by atoms with E-state index in [1.54, 1.807) is 0 Å². The molecular weight excluding hydrogens is 447 g/mol. The molecule has 2 atom stereocenters. The molecule has 0 saturated carbocycles. The molecule has 2 heterocycles. The quantitative estimate of drug-likeness (QED) is 0.632. The number of halogens is 2. The van der Waals surface area contributed by atoms with Gasteiger partial charge in [0, 0.05) is 42.1 Å². The fraction of sp³-hybridized carbons (Fsp3) is 0.480. The fourth-order valence-electron chi connectivity index (χ4n) is 5.34. The Kier molecular flexibility index (Phi) is 7.43. The highest BCUT2D eigenvalue weighted by atomic mass is 35.5. The zero-order valence-electron chi connectivity index (χ0n) is 18.3. The van der Waals surface area contributed by atoms with Crippen LogP contribution < -0.4 is 0 Å². The molecule has 1 N–H and O–H groups in total. The van der Waals surface area contributed by atoms with Gasteiger partial charge in [0.25, 0.3) is 0 Å². The van der Waals surface area contributed by atoms with Gasteiger partial charge in [-0.3, -0.25) is 4.79 Å². The van der Waals surface area contributed by atoms with Crippen LogP contribution >= 0.6 is 23.2 Å². The standard InChI is InChI=1S/C25H30Cl2N2O3/c1-32-24(31)25(17-30)16-29(15-12-23(25)20-4-8-22(27)9-5-20)28-13-10-19(11-14-28)18-2-6-21(26)7-3-18/h2-9,19,23,30H,10-17H2,1H3. The monoisotopic (exact) mass is 476 g/mol. The molecule has 2 aliphatic rings. The average Bonchev–Trinajstić information content (AvgIpc) is 2.84. The Hall–Kier alpha value is -1.63. The van der Waals surface area contributed by atoms with E-state index in [4.69, 9.17) is 27.9 Å². The summed E-state index contributed by atoms with van der Waals surface area (Å²) >= 11 is 12.1. The van der Waals surface area contributed by atoms with E-state index in [1.807, 2.05) is 36.4 Å². The maximum Gasteiger partial charge on any atom is 0.316 e. The first-order valence-corrected chi connectivity index (χ1v) is 11.9. The SMILES string of the molecule is COC(=O)C1(CO)CN(N2CCC(c3ccc(Cl)cc3)CC2)CCC1c1ccc(Cl)cc1. The van der Waals surface area contributed by atoms with Crippen LogP contribution in [0.1, 0.15) is 42.2 Å². The van der Waals surface area contributed by atoms with E-state index in [2.05, 4.69) is 22.2 Å². The summed E-state index contributed by atoms with van der Waals surface area (Å²) in [5.41, 5.74) is 1.33. The van der Waals surface area contributed by atoms with Gasteiger partial charge in [0.15, 0.2) is 0 Å². The lowest BCUT2D eigenvalue weighted by atomic mass is 9.68. The fourth-order valence-corrected chi connectivity index (χ4v) is 5.60. The van der Waals surface area contributed by atoms with E-state index in [0.29, 0.717) is 17.5 Å². The maximum atomic E-state index is 13.0. The molecule has 2 aromatic rings. The number of hydrogen-bond acceptors (Lipinski definition) is 5. The minimum absolute atomic E-state index is 0.125. The smallest absolute Gasteiger partial charge is 0.316 e. The molecular formula is C25H30Cl2N2O3. The number of hydrazine groups is 1. The maximum absolute atomic E-state index is 13.0. The number of hydrogen-bond donors (Lipinski definition) is 1. The van der Waals surface area contributed by atoms with Gasteiger partial charge in [-0.2, -0.15) is 0 Å². The molecule has 0 aromatic heterocycles. The molecule has 0 spiro atoms. The number of esters is 1. The third-order valence-electron chi connectivity index (χ3n) is 7.17. The summed E-state index contributed by atoms with van der Waals surface area (Å²) in [7, 11) is 1.40. The molecule has 2 fully saturated rings. The zero-order chi connectivity index (χ0) is 22.7. The van der Waals surface area contributed by atoms with Gasteiger partial charge in [0.1, 0.15) is 5.41 Å². The molecule has 0 aliphatic carbocycles. The number of aliphatic hydroxyl groups excluding tert-OH is 1. The predicted molar refractivity (Wildman–Crippen MR) is 127 cm³/mol. The summed E-state index contributed by atoms with van der Waals surface area (Å²) in [5.74, 6) is 0.0269. The first-order valence-electron chi connectivity index (χ1n) is 11.2. The topological polar surface area (TPSA) is 53.0 Å². The van der Waals surface area contributed by atoms with Crippen molar-refractivity contribution < 1.29 is 14.6 Å². The van der Waals surface area contributed by atoms with Crippen molar-refractivity contribution in [3.05, 3.63) is 69.7 Å². The normalized spacial score (nSPS) is 25.6. The van der Waals surface area contributed by atoms with Crippen LogP contribution in [0.5, 0.6) is 0 Å². The number of methoxy groups -OCH3 is 1. The number of nitrogens with zero attached hydrogens (tertiary/aromatic N) is 2. The van der Waals surface area contributed by atoms with Crippen molar-refractivity contribution in [1.82, 2.24) is 10.0 Å². The average molecular weight is 477 g/mol. The Morgan fingerprint density at radius 1 is 0.938 bits per heavy atom. The lowest BCUT2D eigenvalue weighted by molar-refractivity contribution is -0.172. The molecule has 32 heavy (non-hydrogen) atoms. The summed E-state index contributed by atoms with van der Waals surface area (Å²) in [5, 5.41) is 16.5. The highest BCUT2D eigenvalue weighted by Crippen LogP contribution is 2.44. The second-order valence-electron chi connectivity index (χ2n) is 8.87. The molecule has 2 saturated heterocycles. The van der Waals surface area contributed by atoms with Crippen molar-refractivity contribution in [3.63, 3.8) is 0 Å². The van der Waals surface area contributed by atoms with Crippen LogP contribution in [0.15, 0.2) is 48.5 Å². The molecule has 2 unspecified atom stereocenters. The molecule has 0 bridgehead atoms. The van der Waals surface area contributed by atoms with E-state index in [9.17, 15) is 9.90 Å². The van der Waals surface area contributed by atoms with E-state index in [1.165, 1.54) is 12.7 Å². The van der Waals surface area contributed by atoms with Crippen molar-refractivity contribution in [2.75, 3.05) is 39.9 Å². The minimum Gasteiger partial charge on any atom is -0.468 e. The van der Waals surface area contributed by atoms with E-state index < -0.39 is 5.41 Å². The first-order chi connectivity index (χ1) is 15.5. The van der Waals surface area contributed by atoms with Gasteiger partial charge < -0.3 is 9.84 Å². The van der Waals surface area contributed by atoms with Crippen molar-refractivity contribution in [1.29, 1.82) is 0 Å². The Morgan fingerprint density at radius 2 is 1.47 bits per heavy atom. The number of carbonyl (C=O) groups excluding carboxylic acids is 1. The lowest BCUT2D eigenvalue weighted by Gasteiger charge is -2.50. The van der Waals surface area contributed by atoms with E-state index in [0.717, 1.165) is 49.5 Å². The minimum atomic E-state index is -1.01. The molecule has 7 heteroatoms.